The molecule has 0 aliphatic rings. The summed E-state index contributed by atoms with van der Waals surface area (Å²) in [5.41, 5.74) is 0. The van der Waals surface area contributed by atoms with Crippen molar-refractivity contribution in [2.24, 2.45) is 5.92 Å². The van der Waals surface area contributed by atoms with Crippen LogP contribution < -0.4 is 0 Å². The Hall–Kier alpha value is -0.790. The van der Waals surface area contributed by atoms with Gasteiger partial charge in [0, 0.05) is 6.08 Å². The molecule has 18 heavy (non-hydrogen) atoms. The summed E-state index contributed by atoms with van der Waals surface area (Å²) in [6.07, 6.45) is 13.2. The lowest BCUT2D eigenvalue weighted by Gasteiger charge is -2.04. The number of carbonyl (C=O) groups excluding carboxylic acids is 1. The van der Waals surface area contributed by atoms with Gasteiger partial charge in [-0.15, -0.1) is 0 Å². The number of ether oxygens (including phenoxy) is 1. The standard InChI is InChI=1S/C16H30O2/c1-4-5-6-7-8-9-10-11-12-16(17)18-14-13-15(2)3/h11-12,15H,4-10,13-14H2,1-3H3/b12-11+. The van der Waals surface area contributed by atoms with E-state index < -0.39 is 0 Å². The van der Waals surface area contributed by atoms with Crippen molar-refractivity contribution in [2.45, 2.75) is 72.1 Å². The number of esters is 1. The minimum Gasteiger partial charge on any atom is -0.463 e. The largest absolute Gasteiger partial charge is 0.463 e. The highest BCUT2D eigenvalue weighted by atomic mass is 16.5. The zero-order valence-corrected chi connectivity index (χ0v) is 12.4. The Kier molecular flexibility index (Phi) is 12.1. The van der Waals surface area contributed by atoms with Crippen LogP contribution in [-0.4, -0.2) is 12.6 Å². The van der Waals surface area contributed by atoms with E-state index in [1.807, 2.05) is 6.08 Å². The molecule has 0 bridgehead atoms. The van der Waals surface area contributed by atoms with Crippen LogP contribution in [-0.2, 0) is 9.53 Å². The molecule has 0 aromatic carbocycles. The molecule has 0 atom stereocenters. The molecular weight excluding hydrogens is 224 g/mol. The maximum atomic E-state index is 11.3. The molecule has 0 spiro atoms. The summed E-state index contributed by atoms with van der Waals surface area (Å²) in [6, 6.07) is 0. The minimum absolute atomic E-state index is 0.193. The van der Waals surface area contributed by atoms with Gasteiger partial charge >= 0.3 is 5.97 Å². The van der Waals surface area contributed by atoms with Crippen molar-refractivity contribution in [1.82, 2.24) is 0 Å². The lowest BCUT2D eigenvalue weighted by atomic mass is 10.1. The first-order chi connectivity index (χ1) is 8.66. The van der Waals surface area contributed by atoms with Gasteiger partial charge in [-0.2, -0.15) is 0 Å². The van der Waals surface area contributed by atoms with E-state index in [9.17, 15) is 4.79 Å². The van der Waals surface area contributed by atoms with Crippen LogP contribution in [0.2, 0.25) is 0 Å². The molecule has 106 valence electrons. The number of unbranched alkanes of at least 4 members (excludes halogenated alkanes) is 6. The van der Waals surface area contributed by atoms with E-state index in [0.717, 1.165) is 12.8 Å². The van der Waals surface area contributed by atoms with E-state index in [-0.39, 0.29) is 5.97 Å². The average molecular weight is 254 g/mol. The van der Waals surface area contributed by atoms with E-state index in [4.69, 9.17) is 4.74 Å². The van der Waals surface area contributed by atoms with Crippen molar-refractivity contribution in [3.63, 3.8) is 0 Å². The van der Waals surface area contributed by atoms with Gasteiger partial charge in [0.2, 0.25) is 0 Å². The van der Waals surface area contributed by atoms with Gasteiger partial charge in [0.15, 0.2) is 0 Å². The molecule has 0 heterocycles. The van der Waals surface area contributed by atoms with Gasteiger partial charge in [0.1, 0.15) is 0 Å². The molecule has 0 aliphatic heterocycles. The van der Waals surface area contributed by atoms with Crippen LogP contribution in [0.5, 0.6) is 0 Å². The van der Waals surface area contributed by atoms with Crippen LogP contribution in [0.15, 0.2) is 12.2 Å². The second-order valence-corrected chi connectivity index (χ2v) is 5.31. The first-order valence-electron chi connectivity index (χ1n) is 7.50. The molecule has 0 N–H and O–H groups in total. The van der Waals surface area contributed by atoms with Crippen molar-refractivity contribution in [3.05, 3.63) is 12.2 Å². The van der Waals surface area contributed by atoms with E-state index in [0.29, 0.717) is 12.5 Å². The van der Waals surface area contributed by atoms with E-state index in [1.54, 1.807) is 6.08 Å². The quantitative estimate of drug-likeness (QED) is 0.298. The Morgan fingerprint density at radius 3 is 2.44 bits per heavy atom. The van der Waals surface area contributed by atoms with Gasteiger partial charge in [-0.3, -0.25) is 0 Å². The van der Waals surface area contributed by atoms with Gasteiger partial charge in [-0.25, -0.2) is 4.79 Å². The van der Waals surface area contributed by atoms with Crippen molar-refractivity contribution in [3.8, 4) is 0 Å². The Balaban J connectivity index is 3.32. The summed E-state index contributed by atoms with van der Waals surface area (Å²) < 4.78 is 5.09. The minimum atomic E-state index is -0.193. The van der Waals surface area contributed by atoms with E-state index in [2.05, 4.69) is 20.8 Å². The highest BCUT2D eigenvalue weighted by Crippen LogP contribution is 2.07. The Bertz CT molecular complexity index is 219. The number of rotatable bonds is 11. The molecule has 0 saturated carbocycles. The third kappa shape index (κ3) is 13.3. The molecule has 0 rings (SSSR count). The van der Waals surface area contributed by atoms with Crippen LogP contribution in [0.1, 0.15) is 72.1 Å². The SMILES string of the molecule is CCCCCCCC/C=C/C(=O)OCCC(C)C. The van der Waals surface area contributed by atoms with Crippen LogP contribution >= 0.6 is 0 Å². The van der Waals surface area contributed by atoms with Crippen LogP contribution in [0.3, 0.4) is 0 Å². The summed E-state index contributed by atoms with van der Waals surface area (Å²) in [7, 11) is 0. The molecule has 2 heteroatoms. The lowest BCUT2D eigenvalue weighted by molar-refractivity contribution is -0.138. The lowest BCUT2D eigenvalue weighted by Crippen LogP contribution is -2.04. The first-order valence-corrected chi connectivity index (χ1v) is 7.50. The fourth-order valence-electron chi connectivity index (χ4n) is 1.67. The zero-order valence-electron chi connectivity index (χ0n) is 12.4. The highest BCUT2D eigenvalue weighted by Gasteiger charge is 1.98. The van der Waals surface area contributed by atoms with Gasteiger partial charge in [-0.1, -0.05) is 59.0 Å². The van der Waals surface area contributed by atoms with Gasteiger partial charge in [0.25, 0.3) is 0 Å². The molecule has 0 radical (unpaired) electrons. The Labute approximate surface area is 113 Å². The second kappa shape index (κ2) is 12.7. The average Bonchev–Trinajstić information content (AvgIpc) is 2.32. The summed E-state index contributed by atoms with van der Waals surface area (Å²) in [4.78, 5) is 11.3. The van der Waals surface area contributed by atoms with Gasteiger partial charge in [0.05, 0.1) is 6.61 Å². The smallest absolute Gasteiger partial charge is 0.330 e. The summed E-state index contributed by atoms with van der Waals surface area (Å²) >= 11 is 0. The summed E-state index contributed by atoms with van der Waals surface area (Å²) in [5.74, 6) is 0.395. The third-order valence-corrected chi connectivity index (χ3v) is 2.92. The fraction of sp³-hybridized carbons (Fsp3) is 0.812. The molecular formula is C16H30O2. The predicted molar refractivity (Wildman–Crippen MR) is 77.5 cm³/mol. The number of carbonyl (C=O) groups is 1. The molecule has 0 amide bonds. The van der Waals surface area contributed by atoms with Crippen molar-refractivity contribution >= 4 is 5.97 Å². The maximum absolute atomic E-state index is 11.3. The van der Waals surface area contributed by atoms with Crippen molar-refractivity contribution in [1.29, 1.82) is 0 Å². The predicted octanol–water partition coefficient (Wildman–Crippen LogP) is 4.88. The van der Waals surface area contributed by atoms with E-state index in [1.165, 1.54) is 38.5 Å². The molecule has 0 fully saturated rings. The number of allylic oxidation sites excluding steroid dienone is 1. The summed E-state index contributed by atoms with van der Waals surface area (Å²) in [5, 5.41) is 0. The normalized spacial score (nSPS) is 11.3. The molecule has 0 saturated heterocycles. The van der Waals surface area contributed by atoms with Crippen molar-refractivity contribution < 1.29 is 9.53 Å². The van der Waals surface area contributed by atoms with Gasteiger partial charge in [-0.05, 0) is 25.2 Å². The van der Waals surface area contributed by atoms with E-state index >= 15 is 0 Å². The van der Waals surface area contributed by atoms with Crippen molar-refractivity contribution in [2.75, 3.05) is 6.61 Å². The molecule has 0 aromatic heterocycles. The fourth-order valence-corrected chi connectivity index (χ4v) is 1.67. The van der Waals surface area contributed by atoms with Crippen LogP contribution in [0.25, 0.3) is 0 Å². The maximum Gasteiger partial charge on any atom is 0.330 e. The number of hydrogen-bond donors (Lipinski definition) is 0. The highest BCUT2D eigenvalue weighted by molar-refractivity contribution is 5.81. The molecule has 0 aromatic rings. The van der Waals surface area contributed by atoms with Crippen LogP contribution in [0, 0.1) is 5.92 Å². The third-order valence-electron chi connectivity index (χ3n) is 2.92. The Morgan fingerprint density at radius 1 is 1.11 bits per heavy atom. The topological polar surface area (TPSA) is 26.3 Å². The zero-order chi connectivity index (χ0) is 13.6. The monoisotopic (exact) mass is 254 g/mol. The molecule has 0 aliphatic carbocycles. The Morgan fingerprint density at radius 2 is 1.78 bits per heavy atom. The second-order valence-electron chi connectivity index (χ2n) is 5.31. The number of hydrogen-bond acceptors (Lipinski definition) is 2. The molecule has 2 nitrogen and oxygen atoms in total. The first kappa shape index (κ1) is 17.2. The molecule has 0 unspecified atom stereocenters. The van der Waals surface area contributed by atoms with Gasteiger partial charge < -0.3 is 4.74 Å². The van der Waals surface area contributed by atoms with Crippen LogP contribution in [0.4, 0.5) is 0 Å². The summed E-state index contributed by atoms with van der Waals surface area (Å²) in [6.45, 7) is 7.02.